The number of aryl methyl sites for hydroxylation is 1. The maximum Gasteiger partial charge on any atom is 0.134 e. The van der Waals surface area contributed by atoms with Crippen LogP contribution in [0.15, 0.2) is 35.0 Å². The first-order chi connectivity index (χ1) is 9.28. The number of thiazole rings is 1. The first kappa shape index (κ1) is 12.1. The average Bonchev–Trinajstić information content (AvgIpc) is 3.03. The molecule has 3 rings (SSSR count). The summed E-state index contributed by atoms with van der Waals surface area (Å²) in [7, 11) is 0. The van der Waals surface area contributed by atoms with E-state index in [-0.39, 0.29) is 0 Å². The quantitative estimate of drug-likeness (QED) is 0.637. The van der Waals surface area contributed by atoms with Crippen LogP contribution in [-0.4, -0.2) is 4.98 Å². The molecular weight excluding hydrogens is 272 g/mol. The first-order valence-electron chi connectivity index (χ1n) is 5.78. The van der Waals surface area contributed by atoms with Crippen molar-refractivity contribution in [2.45, 2.75) is 6.92 Å². The van der Waals surface area contributed by atoms with E-state index >= 15 is 0 Å². The molecular formula is C15H10N2S2. The molecule has 0 amide bonds. The highest BCUT2D eigenvalue weighted by molar-refractivity contribution is 7.17. The Morgan fingerprint density at radius 2 is 2.11 bits per heavy atom. The number of aromatic nitrogens is 1. The van der Waals surface area contributed by atoms with E-state index in [0.717, 1.165) is 16.3 Å². The number of hydrogen-bond donors (Lipinski definition) is 0. The smallest absolute Gasteiger partial charge is 0.134 e. The van der Waals surface area contributed by atoms with E-state index in [2.05, 4.69) is 28.6 Å². The van der Waals surface area contributed by atoms with E-state index in [9.17, 15) is 5.26 Å². The molecule has 0 bridgehead atoms. The van der Waals surface area contributed by atoms with Crippen LogP contribution < -0.4 is 0 Å². The number of hydrogen-bond acceptors (Lipinski definition) is 4. The summed E-state index contributed by atoms with van der Waals surface area (Å²) in [6.45, 7) is 1.94. The molecule has 0 radical (unpaired) electrons. The van der Waals surface area contributed by atoms with Gasteiger partial charge in [0, 0.05) is 15.8 Å². The van der Waals surface area contributed by atoms with Crippen molar-refractivity contribution in [3.63, 3.8) is 0 Å². The van der Waals surface area contributed by atoms with Crippen LogP contribution in [-0.2, 0) is 0 Å². The Morgan fingerprint density at radius 1 is 1.26 bits per heavy atom. The number of thiophene rings is 1. The fourth-order valence-electron chi connectivity index (χ4n) is 1.89. The maximum atomic E-state index is 9.31. The highest BCUT2D eigenvalue weighted by atomic mass is 32.1. The minimum Gasteiger partial charge on any atom is -0.241 e. The molecule has 0 aliphatic carbocycles. The SMILES string of the molecule is Cc1csc(/C(C#N)=C/c2csc3ccccc23)n1. The Kier molecular flexibility index (Phi) is 3.16. The molecule has 0 aliphatic heterocycles. The van der Waals surface area contributed by atoms with Gasteiger partial charge in [0.15, 0.2) is 0 Å². The van der Waals surface area contributed by atoms with Gasteiger partial charge in [-0.1, -0.05) is 18.2 Å². The molecule has 0 aliphatic rings. The third kappa shape index (κ3) is 2.30. The maximum absolute atomic E-state index is 9.31. The Bertz CT molecular complexity index is 803. The molecule has 0 fully saturated rings. The summed E-state index contributed by atoms with van der Waals surface area (Å²) in [4.78, 5) is 4.37. The number of allylic oxidation sites excluding steroid dienone is 1. The Balaban J connectivity index is 2.11. The molecule has 3 aromatic rings. The van der Waals surface area contributed by atoms with Crippen molar-refractivity contribution in [1.29, 1.82) is 5.26 Å². The van der Waals surface area contributed by atoms with Gasteiger partial charge in [0.2, 0.25) is 0 Å². The fraction of sp³-hybridized carbons (Fsp3) is 0.0667. The molecule has 0 atom stereocenters. The van der Waals surface area contributed by atoms with Gasteiger partial charge in [0.25, 0.3) is 0 Å². The third-order valence-electron chi connectivity index (χ3n) is 2.78. The van der Waals surface area contributed by atoms with Crippen molar-refractivity contribution in [2.75, 3.05) is 0 Å². The summed E-state index contributed by atoms with van der Waals surface area (Å²) in [5.74, 6) is 0. The molecule has 0 N–H and O–H groups in total. The Labute approximate surface area is 119 Å². The van der Waals surface area contributed by atoms with Gasteiger partial charge >= 0.3 is 0 Å². The zero-order valence-corrected chi connectivity index (χ0v) is 11.9. The van der Waals surface area contributed by atoms with Crippen molar-refractivity contribution in [3.05, 3.63) is 51.3 Å². The topological polar surface area (TPSA) is 36.7 Å². The van der Waals surface area contributed by atoms with Crippen LogP contribution in [0.3, 0.4) is 0 Å². The molecule has 19 heavy (non-hydrogen) atoms. The predicted octanol–water partition coefficient (Wildman–Crippen LogP) is 4.73. The van der Waals surface area contributed by atoms with Crippen molar-refractivity contribution in [2.24, 2.45) is 0 Å². The van der Waals surface area contributed by atoms with Crippen molar-refractivity contribution in [1.82, 2.24) is 4.98 Å². The summed E-state index contributed by atoms with van der Waals surface area (Å²) < 4.78 is 1.24. The van der Waals surface area contributed by atoms with Crippen LogP contribution in [0.1, 0.15) is 16.3 Å². The van der Waals surface area contributed by atoms with Crippen molar-refractivity contribution in [3.8, 4) is 6.07 Å². The molecule has 0 saturated heterocycles. The van der Waals surface area contributed by atoms with Crippen LogP contribution in [0.4, 0.5) is 0 Å². The van der Waals surface area contributed by atoms with Gasteiger partial charge in [0.1, 0.15) is 11.1 Å². The van der Waals surface area contributed by atoms with Crippen LogP contribution in [0.2, 0.25) is 0 Å². The van der Waals surface area contributed by atoms with E-state index in [1.165, 1.54) is 21.4 Å². The summed E-state index contributed by atoms with van der Waals surface area (Å²) in [5.41, 5.74) is 2.67. The molecule has 0 saturated carbocycles. The van der Waals surface area contributed by atoms with Crippen molar-refractivity contribution >= 4 is 44.4 Å². The number of rotatable bonds is 2. The molecule has 2 aromatic heterocycles. The second kappa shape index (κ2) is 4.96. The third-order valence-corrected chi connectivity index (χ3v) is 4.76. The number of nitrogens with zero attached hydrogens (tertiary/aromatic N) is 2. The Hall–Kier alpha value is -1.96. The lowest BCUT2D eigenvalue weighted by Crippen LogP contribution is -1.80. The molecule has 4 heteroatoms. The standard InChI is InChI=1S/C15H10N2S2/c1-10-8-19-15(17-10)11(7-16)6-12-9-18-14-5-3-2-4-13(12)14/h2-6,8-9H,1H3/b11-6+. The van der Waals surface area contributed by atoms with E-state index in [1.54, 1.807) is 11.3 Å². The van der Waals surface area contributed by atoms with Gasteiger partial charge < -0.3 is 0 Å². The van der Waals surface area contributed by atoms with E-state index in [4.69, 9.17) is 0 Å². The minimum absolute atomic E-state index is 0.627. The zero-order chi connectivity index (χ0) is 13.2. The molecule has 2 nitrogen and oxygen atoms in total. The number of benzene rings is 1. The summed E-state index contributed by atoms with van der Waals surface area (Å²) in [6.07, 6.45) is 1.93. The van der Waals surface area contributed by atoms with Gasteiger partial charge in [-0.15, -0.1) is 22.7 Å². The molecule has 2 heterocycles. The van der Waals surface area contributed by atoms with Crippen molar-refractivity contribution < 1.29 is 0 Å². The largest absolute Gasteiger partial charge is 0.241 e. The lowest BCUT2D eigenvalue weighted by Gasteiger charge is -1.94. The van der Waals surface area contributed by atoms with Gasteiger partial charge in [-0.2, -0.15) is 5.26 Å². The lowest BCUT2D eigenvalue weighted by molar-refractivity contribution is 1.25. The van der Waals surface area contributed by atoms with E-state index in [0.29, 0.717) is 5.57 Å². The summed E-state index contributed by atoms with van der Waals surface area (Å²) in [5, 5.41) is 15.3. The van der Waals surface area contributed by atoms with Gasteiger partial charge in [-0.05, 0) is 35.4 Å². The minimum atomic E-state index is 0.627. The number of nitriles is 1. The zero-order valence-electron chi connectivity index (χ0n) is 10.3. The average molecular weight is 282 g/mol. The molecule has 0 unspecified atom stereocenters. The van der Waals surface area contributed by atoms with E-state index in [1.807, 2.05) is 30.5 Å². The molecule has 0 spiro atoms. The van der Waals surface area contributed by atoms with Crippen LogP contribution in [0.25, 0.3) is 21.7 Å². The first-order valence-corrected chi connectivity index (χ1v) is 7.54. The molecule has 1 aromatic carbocycles. The monoisotopic (exact) mass is 282 g/mol. The fourth-order valence-corrected chi connectivity index (χ4v) is 3.57. The normalized spacial score (nSPS) is 11.7. The van der Waals surface area contributed by atoms with Crippen LogP contribution >= 0.6 is 22.7 Å². The van der Waals surface area contributed by atoms with Crippen LogP contribution in [0, 0.1) is 18.3 Å². The lowest BCUT2D eigenvalue weighted by atomic mass is 10.1. The second-order valence-electron chi connectivity index (χ2n) is 4.15. The molecule has 92 valence electrons. The van der Waals surface area contributed by atoms with E-state index < -0.39 is 0 Å². The highest BCUT2D eigenvalue weighted by Crippen LogP contribution is 2.29. The van der Waals surface area contributed by atoms with Gasteiger partial charge in [-0.25, -0.2) is 4.98 Å². The predicted molar refractivity (Wildman–Crippen MR) is 82.2 cm³/mol. The highest BCUT2D eigenvalue weighted by Gasteiger charge is 2.08. The van der Waals surface area contributed by atoms with Gasteiger partial charge in [0.05, 0.1) is 5.57 Å². The Morgan fingerprint density at radius 3 is 2.84 bits per heavy atom. The summed E-state index contributed by atoms with van der Waals surface area (Å²) >= 11 is 3.21. The van der Waals surface area contributed by atoms with Gasteiger partial charge in [-0.3, -0.25) is 0 Å². The second-order valence-corrected chi connectivity index (χ2v) is 5.92. The summed E-state index contributed by atoms with van der Waals surface area (Å²) in [6, 6.07) is 10.5. The number of fused-ring (bicyclic) bond motifs is 1. The van der Waals surface area contributed by atoms with Crippen LogP contribution in [0.5, 0.6) is 0 Å².